The summed E-state index contributed by atoms with van der Waals surface area (Å²) in [5.74, 6) is -2.67. The zero-order valence-corrected chi connectivity index (χ0v) is 11.6. The fraction of sp³-hybridized carbons (Fsp3) is 0.462. The zero-order valence-electron chi connectivity index (χ0n) is 10.8. The molecule has 0 saturated carbocycles. The van der Waals surface area contributed by atoms with Crippen molar-refractivity contribution in [1.82, 2.24) is 0 Å². The van der Waals surface area contributed by atoms with Crippen molar-refractivity contribution in [3.63, 3.8) is 0 Å². The molecule has 0 aliphatic carbocycles. The minimum Gasteiger partial charge on any atom is -0.465 e. The Morgan fingerprint density at radius 3 is 2.53 bits per heavy atom. The van der Waals surface area contributed by atoms with Gasteiger partial charge >= 0.3 is 5.97 Å². The van der Waals surface area contributed by atoms with Gasteiger partial charge in [0, 0.05) is 4.90 Å². The maximum atomic E-state index is 13.1. The van der Waals surface area contributed by atoms with Crippen molar-refractivity contribution in [1.29, 1.82) is 0 Å². The summed E-state index contributed by atoms with van der Waals surface area (Å²) in [6, 6.07) is 2.97. The number of hydrogen-bond acceptors (Lipinski definition) is 3. The number of esters is 1. The van der Waals surface area contributed by atoms with Crippen LogP contribution in [-0.2, 0) is 20.3 Å². The van der Waals surface area contributed by atoms with Crippen LogP contribution in [0.2, 0.25) is 0 Å². The van der Waals surface area contributed by atoms with E-state index in [-0.39, 0.29) is 11.5 Å². The van der Waals surface area contributed by atoms with Crippen molar-refractivity contribution < 1.29 is 22.5 Å². The molecule has 0 fully saturated rings. The Morgan fingerprint density at radius 2 is 2.00 bits per heavy atom. The third-order valence-corrected chi connectivity index (χ3v) is 4.15. The molecule has 0 saturated heterocycles. The van der Waals surface area contributed by atoms with Crippen LogP contribution in [0.1, 0.15) is 26.7 Å². The van der Waals surface area contributed by atoms with Crippen molar-refractivity contribution in [3.8, 4) is 0 Å². The van der Waals surface area contributed by atoms with E-state index in [4.69, 9.17) is 4.74 Å². The van der Waals surface area contributed by atoms with Gasteiger partial charge in [0.1, 0.15) is 5.25 Å². The van der Waals surface area contributed by atoms with E-state index in [1.807, 2.05) is 6.92 Å². The Labute approximate surface area is 113 Å². The molecule has 6 heteroatoms. The molecule has 0 amide bonds. The van der Waals surface area contributed by atoms with Gasteiger partial charge in [0.15, 0.2) is 11.6 Å². The van der Waals surface area contributed by atoms with Crippen LogP contribution in [0.15, 0.2) is 23.1 Å². The summed E-state index contributed by atoms with van der Waals surface area (Å²) in [4.78, 5) is 11.8. The molecule has 19 heavy (non-hydrogen) atoms. The van der Waals surface area contributed by atoms with Crippen molar-refractivity contribution in [3.05, 3.63) is 29.8 Å². The van der Waals surface area contributed by atoms with Gasteiger partial charge in [0.2, 0.25) is 0 Å². The Hall–Kier alpha value is -1.30. The van der Waals surface area contributed by atoms with Crippen LogP contribution in [0.5, 0.6) is 0 Å². The van der Waals surface area contributed by atoms with E-state index in [0.29, 0.717) is 12.8 Å². The summed E-state index contributed by atoms with van der Waals surface area (Å²) in [6.07, 6.45) is 1.00. The molecule has 0 N–H and O–H groups in total. The Kier molecular flexibility index (Phi) is 6.08. The molecule has 2 unspecified atom stereocenters. The third kappa shape index (κ3) is 4.09. The smallest absolute Gasteiger partial charge is 0.322 e. The first-order valence-corrected chi connectivity index (χ1v) is 7.24. The largest absolute Gasteiger partial charge is 0.465 e. The number of rotatable bonds is 6. The number of ether oxygens (including phenoxy) is 1. The van der Waals surface area contributed by atoms with Crippen molar-refractivity contribution in [2.75, 3.05) is 6.61 Å². The fourth-order valence-electron chi connectivity index (χ4n) is 1.58. The molecule has 0 heterocycles. The number of halogens is 2. The van der Waals surface area contributed by atoms with Gasteiger partial charge in [0.25, 0.3) is 0 Å². The average Bonchev–Trinajstić information content (AvgIpc) is 2.38. The summed E-state index contributed by atoms with van der Waals surface area (Å²) in [5, 5.41) is -0.852. The van der Waals surface area contributed by atoms with Crippen LogP contribution in [0.25, 0.3) is 0 Å². The minimum absolute atomic E-state index is 0.0883. The van der Waals surface area contributed by atoms with Crippen LogP contribution in [0.3, 0.4) is 0 Å². The summed E-state index contributed by atoms with van der Waals surface area (Å²) < 4.78 is 43.0. The highest BCUT2D eigenvalue weighted by Crippen LogP contribution is 2.19. The maximum absolute atomic E-state index is 13.1. The molecule has 0 aliphatic rings. The number of carbonyl (C=O) groups excluding carboxylic acids is 1. The topological polar surface area (TPSA) is 43.4 Å². The lowest BCUT2D eigenvalue weighted by atomic mass is 10.2. The van der Waals surface area contributed by atoms with Crippen molar-refractivity contribution in [2.24, 2.45) is 0 Å². The molecule has 0 aliphatic heterocycles. The molecule has 0 bridgehead atoms. The first kappa shape index (κ1) is 15.8. The van der Waals surface area contributed by atoms with Gasteiger partial charge in [-0.15, -0.1) is 0 Å². The molecule has 0 aromatic heterocycles. The van der Waals surface area contributed by atoms with E-state index >= 15 is 0 Å². The quantitative estimate of drug-likeness (QED) is 0.757. The van der Waals surface area contributed by atoms with Gasteiger partial charge in [-0.25, -0.2) is 8.78 Å². The van der Waals surface area contributed by atoms with Crippen LogP contribution < -0.4 is 0 Å². The van der Waals surface area contributed by atoms with Gasteiger partial charge in [-0.05, 0) is 31.5 Å². The lowest BCUT2D eigenvalue weighted by molar-refractivity contribution is -0.142. The summed E-state index contributed by atoms with van der Waals surface area (Å²) in [7, 11) is -1.75. The standard InChI is InChI=1S/C13H16F2O3S/c1-3-5-12(13(16)18-4-2)19(17)9-6-7-10(14)11(15)8-9/h6-8,12H,3-5H2,1-2H3. The van der Waals surface area contributed by atoms with Gasteiger partial charge in [-0.3, -0.25) is 9.00 Å². The second kappa shape index (κ2) is 7.33. The highest BCUT2D eigenvalue weighted by molar-refractivity contribution is 7.86. The van der Waals surface area contributed by atoms with Crippen LogP contribution in [-0.4, -0.2) is 22.0 Å². The van der Waals surface area contributed by atoms with Gasteiger partial charge in [-0.2, -0.15) is 0 Å². The monoisotopic (exact) mass is 290 g/mol. The lowest BCUT2D eigenvalue weighted by Crippen LogP contribution is -2.28. The summed E-state index contributed by atoms with van der Waals surface area (Å²) >= 11 is 0. The highest BCUT2D eigenvalue weighted by atomic mass is 32.2. The number of hydrogen-bond donors (Lipinski definition) is 0. The highest BCUT2D eigenvalue weighted by Gasteiger charge is 2.27. The molecule has 106 valence electrons. The molecule has 1 aromatic carbocycles. The van der Waals surface area contributed by atoms with Gasteiger partial charge in [0.05, 0.1) is 17.4 Å². The van der Waals surface area contributed by atoms with Crippen molar-refractivity contribution >= 4 is 16.8 Å². The van der Waals surface area contributed by atoms with Crippen LogP contribution >= 0.6 is 0 Å². The second-order valence-corrected chi connectivity index (χ2v) is 5.54. The Balaban J connectivity index is 2.98. The van der Waals surface area contributed by atoms with E-state index in [9.17, 15) is 17.8 Å². The minimum atomic E-state index is -1.75. The fourth-order valence-corrected chi connectivity index (χ4v) is 3.02. The van der Waals surface area contributed by atoms with Gasteiger partial charge < -0.3 is 4.74 Å². The van der Waals surface area contributed by atoms with E-state index in [1.165, 1.54) is 6.07 Å². The zero-order chi connectivity index (χ0) is 14.4. The van der Waals surface area contributed by atoms with E-state index in [1.54, 1.807) is 6.92 Å². The number of carbonyl (C=O) groups is 1. The molecule has 1 aromatic rings. The van der Waals surface area contributed by atoms with Crippen LogP contribution in [0, 0.1) is 11.6 Å². The average molecular weight is 290 g/mol. The number of benzene rings is 1. The van der Waals surface area contributed by atoms with E-state index < -0.39 is 33.7 Å². The molecule has 3 nitrogen and oxygen atoms in total. The van der Waals surface area contributed by atoms with E-state index in [2.05, 4.69) is 0 Å². The van der Waals surface area contributed by atoms with Gasteiger partial charge in [-0.1, -0.05) is 13.3 Å². The summed E-state index contributed by atoms with van der Waals surface area (Å²) in [6.45, 7) is 3.68. The predicted octanol–water partition coefficient (Wildman–Crippen LogP) is 2.80. The lowest BCUT2D eigenvalue weighted by Gasteiger charge is -2.14. The molecule has 0 radical (unpaired) electrons. The predicted molar refractivity (Wildman–Crippen MR) is 68.1 cm³/mol. The first-order chi connectivity index (χ1) is 9.01. The SMILES string of the molecule is CCCC(C(=O)OCC)S(=O)c1ccc(F)c(F)c1. The second-order valence-electron chi connectivity index (χ2n) is 3.90. The molecular formula is C13H16F2O3S. The molecule has 1 rings (SSSR count). The normalized spacial score (nSPS) is 13.9. The molecular weight excluding hydrogens is 274 g/mol. The Morgan fingerprint density at radius 1 is 1.32 bits per heavy atom. The first-order valence-electron chi connectivity index (χ1n) is 6.03. The van der Waals surface area contributed by atoms with E-state index in [0.717, 1.165) is 12.1 Å². The molecule has 2 atom stereocenters. The maximum Gasteiger partial charge on any atom is 0.322 e. The Bertz CT molecular complexity index is 477. The molecule has 0 spiro atoms. The summed E-state index contributed by atoms with van der Waals surface area (Å²) in [5.41, 5.74) is 0. The third-order valence-electron chi connectivity index (χ3n) is 2.48. The van der Waals surface area contributed by atoms with Crippen molar-refractivity contribution in [2.45, 2.75) is 36.8 Å². The van der Waals surface area contributed by atoms with Crippen LogP contribution in [0.4, 0.5) is 8.78 Å².